The van der Waals surface area contributed by atoms with Crippen molar-refractivity contribution in [2.45, 2.75) is 26.4 Å². The van der Waals surface area contributed by atoms with Crippen molar-refractivity contribution in [1.29, 1.82) is 0 Å². The predicted molar refractivity (Wildman–Crippen MR) is 128 cm³/mol. The molecule has 2 aromatic rings. The van der Waals surface area contributed by atoms with E-state index in [4.69, 9.17) is 9.73 Å². The summed E-state index contributed by atoms with van der Waals surface area (Å²) in [5.74, 6) is 0.839. The third-order valence-corrected chi connectivity index (χ3v) is 4.75. The first-order valence-electron chi connectivity index (χ1n) is 9.78. The Labute approximate surface area is 185 Å². The molecule has 5 nitrogen and oxygen atoms in total. The van der Waals surface area contributed by atoms with E-state index in [0.29, 0.717) is 6.54 Å². The fourth-order valence-electron chi connectivity index (χ4n) is 3.27. The van der Waals surface area contributed by atoms with Crippen LogP contribution < -0.4 is 15.5 Å². The van der Waals surface area contributed by atoms with E-state index in [0.717, 1.165) is 38.8 Å². The van der Waals surface area contributed by atoms with Gasteiger partial charge in [-0.2, -0.15) is 0 Å². The highest BCUT2D eigenvalue weighted by Gasteiger charge is 2.14. The summed E-state index contributed by atoms with van der Waals surface area (Å²) in [4.78, 5) is 7.23. The molecule has 0 radical (unpaired) electrons. The van der Waals surface area contributed by atoms with Gasteiger partial charge in [0.25, 0.3) is 0 Å². The number of guanidine groups is 1. The van der Waals surface area contributed by atoms with Crippen LogP contribution in [0.4, 0.5) is 5.69 Å². The summed E-state index contributed by atoms with van der Waals surface area (Å²) in [6, 6.07) is 19.2. The maximum Gasteiger partial charge on any atom is 0.192 e. The van der Waals surface area contributed by atoms with Crippen LogP contribution in [0.15, 0.2) is 59.6 Å². The topological polar surface area (TPSA) is 48.9 Å². The second-order valence-corrected chi connectivity index (χ2v) is 6.70. The number of morpholine rings is 1. The average Bonchev–Trinajstić information content (AvgIpc) is 2.73. The number of rotatable bonds is 6. The summed E-state index contributed by atoms with van der Waals surface area (Å²) in [7, 11) is 0. The molecule has 1 unspecified atom stereocenters. The summed E-state index contributed by atoms with van der Waals surface area (Å²) >= 11 is 0. The van der Waals surface area contributed by atoms with E-state index in [1.54, 1.807) is 0 Å². The van der Waals surface area contributed by atoms with E-state index in [1.165, 1.54) is 16.8 Å². The van der Waals surface area contributed by atoms with Gasteiger partial charge in [-0.05, 0) is 31.0 Å². The third kappa shape index (κ3) is 6.38. The lowest BCUT2D eigenvalue weighted by molar-refractivity contribution is 0.122. The molecule has 0 saturated carbocycles. The first-order valence-corrected chi connectivity index (χ1v) is 9.78. The first-order chi connectivity index (χ1) is 13.3. The molecule has 0 aliphatic carbocycles. The zero-order valence-corrected chi connectivity index (χ0v) is 19.1. The third-order valence-electron chi connectivity index (χ3n) is 4.75. The van der Waals surface area contributed by atoms with Crippen molar-refractivity contribution >= 4 is 35.6 Å². The second-order valence-electron chi connectivity index (χ2n) is 6.70. The summed E-state index contributed by atoms with van der Waals surface area (Å²) in [6.45, 7) is 9.17. The number of halogens is 1. The van der Waals surface area contributed by atoms with Crippen LogP contribution in [0.2, 0.25) is 0 Å². The fourth-order valence-corrected chi connectivity index (χ4v) is 3.27. The molecule has 0 spiro atoms. The Hall–Kier alpha value is -1.80. The molecule has 1 aliphatic rings. The maximum absolute atomic E-state index is 5.49. The summed E-state index contributed by atoms with van der Waals surface area (Å²) < 4.78 is 5.49. The molecule has 3 rings (SSSR count). The molecule has 1 saturated heterocycles. The smallest absolute Gasteiger partial charge is 0.192 e. The molecular formula is C22H31IN4O. The van der Waals surface area contributed by atoms with E-state index in [1.807, 2.05) is 6.07 Å². The molecular weight excluding hydrogens is 463 g/mol. The highest BCUT2D eigenvalue weighted by atomic mass is 127. The summed E-state index contributed by atoms with van der Waals surface area (Å²) in [5, 5.41) is 6.87. The van der Waals surface area contributed by atoms with Gasteiger partial charge >= 0.3 is 0 Å². The zero-order chi connectivity index (χ0) is 18.9. The second kappa shape index (κ2) is 11.9. The number of para-hydroxylation sites is 1. The molecule has 2 N–H and O–H groups in total. The van der Waals surface area contributed by atoms with E-state index < -0.39 is 0 Å². The molecule has 1 aliphatic heterocycles. The molecule has 1 fully saturated rings. The van der Waals surface area contributed by atoms with Gasteiger partial charge in [0, 0.05) is 25.3 Å². The van der Waals surface area contributed by atoms with Gasteiger partial charge in [0.1, 0.15) is 0 Å². The molecule has 0 aromatic heterocycles. The van der Waals surface area contributed by atoms with Crippen LogP contribution in [0.5, 0.6) is 0 Å². The molecule has 28 heavy (non-hydrogen) atoms. The quantitative estimate of drug-likeness (QED) is 0.363. The molecule has 1 atom stereocenters. The van der Waals surface area contributed by atoms with E-state index in [9.17, 15) is 0 Å². The molecule has 2 aromatic carbocycles. The zero-order valence-electron chi connectivity index (χ0n) is 16.7. The Morgan fingerprint density at radius 3 is 2.46 bits per heavy atom. The average molecular weight is 494 g/mol. The van der Waals surface area contributed by atoms with Gasteiger partial charge in [0.05, 0.1) is 25.8 Å². The summed E-state index contributed by atoms with van der Waals surface area (Å²) in [6.07, 6.45) is 0. The molecule has 152 valence electrons. The van der Waals surface area contributed by atoms with Crippen molar-refractivity contribution in [2.75, 3.05) is 37.7 Å². The van der Waals surface area contributed by atoms with Crippen LogP contribution in [0, 0.1) is 0 Å². The van der Waals surface area contributed by atoms with Gasteiger partial charge in [0.2, 0.25) is 0 Å². The molecule has 6 heteroatoms. The number of ether oxygens (including phenoxy) is 1. The van der Waals surface area contributed by atoms with E-state index in [-0.39, 0.29) is 30.0 Å². The number of aliphatic imine (C=N–C) groups is 1. The minimum atomic E-state index is 0. The number of benzene rings is 2. The molecule has 1 heterocycles. The monoisotopic (exact) mass is 494 g/mol. The van der Waals surface area contributed by atoms with Crippen molar-refractivity contribution < 1.29 is 4.74 Å². The van der Waals surface area contributed by atoms with E-state index in [2.05, 4.69) is 77.9 Å². The molecule has 0 bridgehead atoms. The highest BCUT2D eigenvalue weighted by molar-refractivity contribution is 14.0. The Kier molecular flexibility index (Phi) is 9.57. The van der Waals surface area contributed by atoms with Crippen LogP contribution in [0.25, 0.3) is 0 Å². The van der Waals surface area contributed by atoms with Crippen molar-refractivity contribution in [3.8, 4) is 0 Å². The minimum absolute atomic E-state index is 0. The number of nitrogens with zero attached hydrogens (tertiary/aromatic N) is 2. The summed E-state index contributed by atoms with van der Waals surface area (Å²) in [5.41, 5.74) is 3.75. The van der Waals surface area contributed by atoms with Crippen LogP contribution in [-0.4, -0.2) is 38.8 Å². The first kappa shape index (κ1) is 22.5. The minimum Gasteiger partial charge on any atom is -0.378 e. The fraction of sp³-hybridized carbons (Fsp3) is 0.409. The standard InChI is InChI=1S/C22H30N4O.HI/c1-3-23-22(25-18(2)19-9-5-4-6-10-19)24-17-20-11-7-8-12-21(20)26-13-15-27-16-14-26;/h4-12,18H,3,13-17H2,1-2H3,(H2,23,24,25);1H. The normalized spacial score (nSPS) is 15.5. The Morgan fingerprint density at radius 2 is 1.75 bits per heavy atom. The van der Waals surface area contributed by atoms with Crippen LogP contribution >= 0.6 is 24.0 Å². The SMILES string of the molecule is CCNC(=NCc1ccccc1N1CCOCC1)NC(C)c1ccccc1.I. The lowest BCUT2D eigenvalue weighted by Crippen LogP contribution is -2.39. The number of nitrogens with one attached hydrogen (secondary N) is 2. The maximum atomic E-state index is 5.49. The predicted octanol–water partition coefficient (Wildman–Crippen LogP) is 3.96. The van der Waals surface area contributed by atoms with Crippen LogP contribution in [0.1, 0.15) is 31.0 Å². The van der Waals surface area contributed by atoms with Gasteiger partial charge in [-0.1, -0.05) is 48.5 Å². The Morgan fingerprint density at radius 1 is 1.07 bits per heavy atom. The lowest BCUT2D eigenvalue weighted by atomic mass is 10.1. The van der Waals surface area contributed by atoms with Crippen molar-refractivity contribution in [3.05, 3.63) is 65.7 Å². The van der Waals surface area contributed by atoms with Crippen molar-refractivity contribution in [2.24, 2.45) is 4.99 Å². The lowest BCUT2D eigenvalue weighted by Gasteiger charge is -2.30. The molecule has 0 amide bonds. The van der Waals surface area contributed by atoms with Crippen LogP contribution in [-0.2, 0) is 11.3 Å². The van der Waals surface area contributed by atoms with Gasteiger partial charge in [-0.3, -0.25) is 0 Å². The highest BCUT2D eigenvalue weighted by Crippen LogP contribution is 2.22. The Balaban J connectivity index is 0.00000280. The van der Waals surface area contributed by atoms with Gasteiger partial charge in [-0.15, -0.1) is 24.0 Å². The van der Waals surface area contributed by atoms with Gasteiger partial charge < -0.3 is 20.3 Å². The number of anilines is 1. The number of hydrogen-bond acceptors (Lipinski definition) is 3. The number of hydrogen-bond donors (Lipinski definition) is 2. The Bertz CT molecular complexity index is 732. The van der Waals surface area contributed by atoms with Crippen molar-refractivity contribution in [3.63, 3.8) is 0 Å². The van der Waals surface area contributed by atoms with E-state index >= 15 is 0 Å². The largest absolute Gasteiger partial charge is 0.378 e. The van der Waals surface area contributed by atoms with Crippen LogP contribution in [0.3, 0.4) is 0 Å². The van der Waals surface area contributed by atoms with Gasteiger partial charge in [-0.25, -0.2) is 4.99 Å². The van der Waals surface area contributed by atoms with Crippen molar-refractivity contribution in [1.82, 2.24) is 10.6 Å². The van der Waals surface area contributed by atoms with Gasteiger partial charge in [0.15, 0.2) is 5.96 Å².